The average molecular weight is 1460 g/mol. The van der Waals surface area contributed by atoms with Gasteiger partial charge in [-0.2, -0.15) is 0 Å². The lowest BCUT2D eigenvalue weighted by Crippen LogP contribution is -2.30. The number of esters is 3. The van der Waals surface area contributed by atoms with Gasteiger partial charge < -0.3 is 34.2 Å². The van der Waals surface area contributed by atoms with Gasteiger partial charge in [-0.25, -0.2) is 9.13 Å². The number of phosphoric ester groups is 2. The van der Waals surface area contributed by atoms with E-state index in [0.717, 1.165) is 161 Å². The van der Waals surface area contributed by atoms with Crippen LogP contribution >= 0.6 is 15.6 Å². The van der Waals surface area contributed by atoms with Crippen molar-refractivity contribution in [3.8, 4) is 0 Å². The number of aliphatic hydroxyl groups is 2. The van der Waals surface area contributed by atoms with Crippen LogP contribution in [0.4, 0.5) is 0 Å². The zero-order valence-corrected chi connectivity index (χ0v) is 65.1. The maximum Gasteiger partial charge on any atom is 0.472 e. The minimum absolute atomic E-state index is 0.0881. The molecule has 5 unspecified atom stereocenters. The van der Waals surface area contributed by atoms with Gasteiger partial charge in [0, 0.05) is 19.3 Å². The van der Waals surface area contributed by atoms with Gasteiger partial charge in [0.1, 0.15) is 25.4 Å². The fraction of sp³-hybridized carbons (Fsp3) is 0.699. The summed E-state index contributed by atoms with van der Waals surface area (Å²) in [6.07, 6.45) is 90.7. The Hall–Kier alpha value is -4.31. The SMILES string of the molecule is CC/C=C\C/C=C\C/C=C\C/C=C\C/C=C\CCCCCCCCCCCCCCCC(=O)OCC(O)COP(=O)(O)OCC(O)COP(=O)(O)OCC(COC(=O)CCCCCCC/C=C\C/C=C\C/C=C\C/C=C\C/C=C\CC)OC(=O)CCCCCCC/C=C\CCCCCCCC. The van der Waals surface area contributed by atoms with Gasteiger partial charge >= 0.3 is 33.6 Å². The van der Waals surface area contributed by atoms with E-state index < -0.39 is 91.5 Å². The molecule has 0 aliphatic rings. The lowest BCUT2D eigenvalue weighted by molar-refractivity contribution is -0.161. The molecule has 4 N–H and O–H groups in total. The Kier molecular flexibility index (Phi) is 72.2. The third-order valence-corrected chi connectivity index (χ3v) is 18.2. The summed E-state index contributed by atoms with van der Waals surface area (Å²) in [6, 6.07) is 0. The lowest BCUT2D eigenvalue weighted by Gasteiger charge is -2.21. The second kappa shape index (κ2) is 75.4. The van der Waals surface area contributed by atoms with Gasteiger partial charge in [0.15, 0.2) is 6.10 Å². The maximum absolute atomic E-state index is 13.0. The van der Waals surface area contributed by atoms with Crippen molar-refractivity contribution in [3.63, 3.8) is 0 Å². The van der Waals surface area contributed by atoms with Crippen LogP contribution < -0.4 is 0 Å². The van der Waals surface area contributed by atoms with Gasteiger partial charge in [-0.15, -0.1) is 0 Å². The molecule has 18 heteroatoms. The predicted molar refractivity (Wildman–Crippen MR) is 417 cm³/mol. The number of carbonyl (C=O) groups excluding carboxylic acids is 3. The molecule has 0 radical (unpaired) electrons. The van der Waals surface area contributed by atoms with E-state index >= 15 is 0 Å². The number of unbranched alkanes of at least 4 members (excludes halogenated alkanes) is 29. The number of aliphatic hydroxyl groups excluding tert-OH is 2. The van der Waals surface area contributed by atoms with Crippen molar-refractivity contribution in [3.05, 3.63) is 134 Å². The number of allylic oxidation sites excluding steroid dienone is 22. The molecule has 0 amide bonds. The molecule has 16 nitrogen and oxygen atoms in total. The maximum atomic E-state index is 13.0. The Morgan fingerprint density at radius 2 is 0.525 bits per heavy atom. The van der Waals surface area contributed by atoms with E-state index in [4.69, 9.17) is 32.3 Å². The van der Waals surface area contributed by atoms with Crippen molar-refractivity contribution < 1.29 is 75.8 Å². The Bertz CT molecular complexity index is 2370. The molecule has 0 heterocycles. The zero-order chi connectivity index (χ0) is 73.7. The van der Waals surface area contributed by atoms with Crippen LogP contribution in [0.25, 0.3) is 0 Å². The number of ether oxygens (including phenoxy) is 3. The van der Waals surface area contributed by atoms with Crippen LogP contribution in [-0.4, -0.2) is 95.9 Å². The first-order chi connectivity index (χ1) is 49.2. The summed E-state index contributed by atoms with van der Waals surface area (Å²) in [5.41, 5.74) is 0. The summed E-state index contributed by atoms with van der Waals surface area (Å²) in [7, 11) is -9.80. The molecule has 580 valence electrons. The number of hydrogen-bond donors (Lipinski definition) is 4. The van der Waals surface area contributed by atoms with Gasteiger partial charge in [0.2, 0.25) is 0 Å². The molecular weight excluding hydrogens is 1310 g/mol. The molecule has 0 rings (SSSR count). The smallest absolute Gasteiger partial charge is 0.463 e. The highest BCUT2D eigenvalue weighted by Crippen LogP contribution is 2.45. The van der Waals surface area contributed by atoms with Crippen molar-refractivity contribution in [2.75, 3.05) is 39.6 Å². The van der Waals surface area contributed by atoms with E-state index in [9.17, 15) is 43.5 Å². The molecule has 0 aromatic rings. The monoisotopic (exact) mass is 1460 g/mol. The predicted octanol–water partition coefficient (Wildman–Crippen LogP) is 23.1. The van der Waals surface area contributed by atoms with Gasteiger partial charge in [-0.05, 0) is 135 Å². The molecule has 0 bridgehead atoms. The Labute approximate surface area is 614 Å². The molecule has 0 aromatic carbocycles. The summed E-state index contributed by atoms with van der Waals surface area (Å²) < 4.78 is 61.1. The van der Waals surface area contributed by atoms with Crippen LogP contribution in [0.1, 0.15) is 316 Å². The zero-order valence-electron chi connectivity index (χ0n) is 63.3. The van der Waals surface area contributed by atoms with Crippen LogP contribution in [-0.2, 0) is 55.8 Å². The Morgan fingerprint density at radius 1 is 0.287 bits per heavy atom. The molecule has 5 atom stereocenters. The number of carbonyl (C=O) groups is 3. The second-order valence-electron chi connectivity index (χ2n) is 26.1. The van der Waals surface area contributed by atoms with Crippen molar-refractivity contribution in [2.45, 2.75) is 334 Å². The van der Waals surface area contributed by atoms with Crippen LogP contribution in [0, 0.1) is 0 Å². The third-order valence-electron chi connectivity index (χ3n) is 16.3. The van der Waals surface area contributed by atoms with Crippen LogP contribution in [0.5, 0.6) is 0 Å². The van der Waals surface area contributed by atoms with Crippen LogP contribution in [0.2, 0.25) is 0 Å². The summed E-state index contributed by atoms with van der Waals surface area (Å²) in [6.45, 7) is 2.43. The molecule has 0 aliphatic carbocycles. The van der Waals surface area contributed by atoms with Gasteiger partial charge in [0.05, 0.1) is 26.4 Å². The van der Waals surface area contributed by atoms with E-state index in [0.29, 0.717) is 19.3 Å². The second-order valence-corrected chi connectivity index (χ2v) is 29.0. The fourth-order valence-electron chi connectivity index (χ4n) is 10.4. The minimum atomic E-state index is -4.94. The first kappa shape index (κ1) is 96.7. The molecule has 0 spiro atoms. The number of hydrogen-bond acceptors (Lipinski definition) is 14. The van der Waals surface area contributed by atoms with Crippen LogP contribution in [0.15, 0.2) is 134 Å². The third kappa shape index (κ3) is 76.6. The minimum Gasteiger partial charge on any atom is -0.463 e. The van der Waals surface area contributed by atoms with E-state index in [-0.39, 0.29) is 19.3 Å². The van der Waals surface area contributed by atoms with Gasteiger partial charge in [0.25, 0.3) is 0 Å². The van der Waals surface area contributed by atoms with Crippen molar-refractivity contribution >= 4 is 33.6 Å². The highest BCUT2D eigenvalue weighted by atomic mass is 31.2. The summed E-state index contributed by atoms with van der Waals surface area (Å²) >= 11 is 0. The summed E-state index contributed by atoms with van der Waals surface area (Å²) in [5, 5.41) is 20.6. The molecule has 0 aromatic heterocycles. The Balaban J connectivity index is 4.55. The Morgan fingerprint density at radius 3 is 0.842 bits per heavy atom. The number of phosphoric acid groups is 2. The standard InChI is InChI=1S/C83H142O16P2/c1-4-7-10-13-16-19-22-25-28-30-32-34-35-36-37-38-39-40-41-43-45-46-49-51-54-57-60-63-66-69-81(86)93-72-78(84)73-95-100(89,90)96-74-79(85)75-97-101(91,92)98-77-80(99-83(88)71-68-65-62-59-56-53-48-27-24-21-18-15-12-9-6-3)76-94-82(87)70-67-64-61-58-55-52-50-47-44-42-33-31-29-26-23-20-17-14-11-8-5-2/h7-8,10-11,16-17,19-20,25-29,32-34,36-37,42,47-48,50,78-80,84-85H,4-6,9,12-15,18,21-24,30-31,35,38-41,43-46,49,51-77H2,1-3H3,(H,89,90)(H,91,92)/b10-7-,11-8-,19-16-,20-17-,28-25-,29-26-,34-32-,37-36-,42-33-,48-27-,50-47-. The molecular formula is C83H142O16P2. The van der Waals surface area contributed by atoms with E-state index in [1.165, 1.54) is 96.3 Å². The molecule has 0 saturated carbocycles. The van der Waals surface area contributed by atoms with E-state index in [2.05, 4.69) is 154 Å². The fourth-order valence-corrected chi connectivity index (χ4v) is 12.0. The number of rotatable bonds is 74. The largest absolute Gasteiger partial charge is 0.472 e. The molecule has 101 heavy (non-hydrogen) atoms. The van der Waals surface area contributed by atoms with E-state index in [1.807, 2.05) is 0 Å². The molecule has 0 saturated heterocycles. The first-order valence-corrected chi connectivity index (χ1v) is 42.5. The van der Waals surface area contributed by atoms with Gasteiger partial charge in [-0.1, -0.05) is 296 Å². The normalized spacial score (nSPS) is 14.7. The van der Waals surface area contributed by atoms with Gasteiger partial charge in [-0.3, -0.25) is 32.5 Å². The highest BCUT2D eigenvalue weighted by molar-refractivity contribution is 7.47. The van der Waals surface area contributed by atoms with Crippen molar-refractivity contribution in [2.24, 2.45) is 0 Å². The van der Waals surface area contributed by atoms with Crippen LogP contribution in [0.3, 0.4) is 0 Å². The topological polar surface area (TPSA) is 231 Å². The van der Waals surface area contributed by atoms with Crippen molar-refractivity contribution in [1.82, 2.24) is 0 Å². The highest BCUT2D eigenvalue weighted by Gasteiger charge is 2.29. The van der Waals surface area contributed by atoms with Crippen molar-refractivity contribution in [1.29, 1.82) is 0 Å². The summed E-state index contributed by atoms with van der Waals surface area (Å²) in [4.78, 5) is 58.6. The lowest BCUT2D eigenvalue weighted by atomic mass is 10.0. The summed E-state index contributed by atoms with van der Waals surface area (Å²) in [5.74, 6) is -1.60. The quantitative estimate of drug-likeness (QED) is 0.0146. The first-order valence-electron chi connectivity index (χ1n) is 39.5. The average Bonchev–Trinajstić information content (AvgIpc) is 1.14. The van der Waals surface area contributed by atoms with E-state index in [1.54, 1.807) is 0 Å². The molecule has 0 aliphatic heterocycles. The molecule has 0 fully saturated rings.